The fourth-order valence-corrected chi connectivity index (χ4v) is 6.08. The molecule has 5 rings (SSSR count). The number of ether oxygens (including phenoxy) is 1. The van der Waals surface area contributed by atoms with Gasteiger partial charge in [0, 0.05) is 31.7 Å². The van der Waals surface area contributed by atoms with Gasteiger partial charge >= 0.3 is 0 Å². The third kappa shape index (κ3) is 4.66. The van der Waals surface area contributed by atoms with Crippen LogP contribution in [0.15, 0.2) is 65.6 Å². The zero-order chi connectivity index (χ0) is 23.5. The van der Waals surface area contributed by atoms with E-state index >= 15 is 0 Å². The standard InChI is InChI=1S/C26H29N3O4S/c30-26(22-9-8-20-6-2-3-7-21(20)18-22)27-24-19-23(34(31,32)29-14-16-33-17-15-29)10-11-25(24)28-12-4-1-5-13-28/h2-3,6-11,18-19H,1,4-5,12-17H2,(H,27,30). The molecule has 2 fully saturated rings. The molecule has 2 aliphatic heterocycles. The van der Waals surface area contributed by atoms with Crippen LogP contribution in [0.3, 0.4) is 0 Å². The summed E-state index contributed by atoms with van der Waals surface area (Å²) in [6.45, 7) is 3.19. The number of amides is 1. The molecule has 7 nitrogen and oxygen atoms in total. The predicted octanol–water partition coefficient (Wildman–Crippen LogP) is 4.10. The maximum absolute atomic E-state index is 13.3. The number of sulfonamides is 1. The number of carbonyl (C=O) groups excluding carboxylic acids is 1. The molecule has 3 aromatic rings. The lowest BCUT2D eigenvalue weighted by Gasteiger charge is -2.31. The number of fused-ring (bicyclic) bond motifs is 1. The number of benzene rings is 3. The van der Waals surface area contributed by atoms with Gasteiger partial charge in [-0.05, 0) is 60.4 Å². The third-order valence-electron chi connectivity index (χ3n) is 6.53. The minimum absolute atomic E-state index is 0.184. The van der Waals surface area contributed by atoms with Crippen LogP contribution in [0.25, 0.3) is 10.8 Å². The molecule has 2 aliphatic rings. The van der Waals surface area contributed by atoms with Crippen molar-refractivity contribution in [1.82, 2.24) is 4.31 Å². The highest BCUT2D eigenvalue weighted by Gasteiger charge is 2.28. The summed E-state index contributed by atoms with van der Waals surface area (Å²) in [6.07, 6.45) is 3.33. The Hall–Kier alpha value is -2.94. The van der Waals surface area contributed by atoms with Gasteiger partial charge in [0.05, 0.1) is 29.5 Å². The van der Waals surface area contributed by atoms with Crippen LogP contribution in [0, 0.1) is 0 Å². The normalized spacial score (nSPS) is 17.6. The Balaban J connectivity index is 1.49. The Labute approximate surface area is 200 Å². The van der Waals surface area contributed by atoms with Crippen LogP contribution in [0.5, 0.6) is 0 Å². The summed E-state index contributed by atoms with van der Waals surface area (Å²) in [4.78, 5) is 15.7. The molecule has 8 heteroatoms. The highest BCUT2D eigenvalue weighted by molar-refractivity contribution is 7.89. The first kappa shape index (κ1) is 22.8. The smallest absolute Gasteiger partial charge is 0.255 e. The fraction of sp³-hybridized carbons (Fsp3) is 0.346. The second-order valence-electron chi connectivity index (χ2n) is 8.76. The van der Waals surface area contributed by atoms with Gasteiger partial charge < -0.3 is 15.0 Å². The minimum Gasteiger partial charge on any atom is -0.379 e. The Bertz CT molecular complexity index is 1300. The maximum atomic E-state index is 13.3. The molecule has 0 aliphatic carbocycles. The molecule has 1 amide bonds. The summed E-state index contributed by atoms with van der Waals surface area (Å²) in [7, 11) is -3.68. The summed E-state index contributed by atoms with van der Waals surface area (Å²) in [5.41, 5.74) is 1.91. The van der Waals surface area contributed by atoms with Crippen LogP contribution >= 0.6 is 0 Å². The van der Waals surface area contributed by atoms with Gasteiger partial charge in [0.15, 0.2) is 0 Å². The van der Waals surface area contributed by atoms with Crippen molar-refractivity contribution in [1.29, 1.82) is 0 Å². The summed E-state index contributed by atoms with van der Waals surface area (Å²) in [6, 6.07) is 18.6. The first-order valence-electron chi connectivity index (χ1n) is 11.8. The Morgan fingerprint density at radius 1 is 0.824 bits per heavy atom. The molecular formula is C26H29N3O4S. The molecule has 178 valence electrons. The van der Waals surface area contributed by atoms with Crippen LogP contribution in [0.2, 0.25) is 0 Å². The van der Waals surface area contributed by atoms with Crippen LogP contribution in [-0.4, -0.2) is 58.0 Å². The lowest BCUT2D eigenvalue weighted by atomic mass is 10.1. The van der Waals surface area contributed by atoms with Gasteiger partial charge in [0.25, 0.3) is 5.91 Å². The van der Waals surface area contributed by atoms with Crippen molar-refractivity contribution < 1.29 is 17.9 Å². The van der Waals surface area contributed by atoms with Crippen molar-refractivity contribution in [3.05, 3.63) is 66.2 Å². The van der Waals surface area contributed by atoms with Crippen molar-refractivity contribution in [2.75, 3.05) is 49.6 Å². The van der Waals surface area contributed by atoms with E-state index in [4.69, 9.17) is 4.74 Å². The summed E-state index contributed by atoms with van der Waals surface area (Å²) < 4.78 is 33.3. The van der Waals surface area contributed by atoms with Gasteiger partial charge in [-0.15, -0.1) is 0 Å². The number of hydrogen-bond acceptors (Lipinski definition) is 5. The molecule has 2 heterocycles. The van der Waals surface area contributed by atoms with E-state index in [0.29, 0.717) is 37.6 Å². The van der Waals surface area contributed by atoms with Gasteiger partial charge in [-0.1, -0.05) is 30.3 Å². The molecule has 0 bridgehead atoms. The van der Waals surface area contributed by atoms with Gasteiger partial charge in [-0.3, -0.25) is 4.79 Å². The topological polar surface area (TPSA) is 79.0 Å². The minimum atomic E-state index is -3.68. The zero-order valence-corrected chi connectivity index (χ0v) is 19.9. The van der Waals surface area contributed by atoms with Crippen LogP contribution in [0.4, 0.5) is 11.4 Å². The number of anilines is 2. The van der Waals surface area contributed by atoms with E-state index in [2.05, 4.69) is 10.2 Å². The first-order valence-corrected chi connectivity index (χ1v) is 13.2. The highest BCUT2D eigenvalue weighted by Crippen LogP contribution is 2.33. The molecule has 0 unspecified atom stereocenters. The SMILES string of the molecule is O=C(Nc1cc(S(=O)(=O)N2CCOCC2)ccc1N1CCCCC1)c1ccc2ccccc2c1. The van der Waals surface area contributed by atoms with Crippen molar-refractivity contribution >= 4 is 38.1 Å². The molecule has 0 radical (unpaired) electrons. The lowest BCUT2D eigenvalue weighted by Crippen LogP contribution is -2.40. The largest absolute Gasteiger partial charge is 0.379 e. The second kappa shape index (κ2) is 9.74. The average Bonchev–Trinajstić information content (AvgIpc) is 2.89. The van der Waals surface area contributed by atoms with Crippen molar-refractivity contribution in [2.24, 2.45) is 0 Å². The van der Waals surface area contributed by atoms with Gasteiger partial charge in [-0.25, -0.2) is 8.42 Å². The summed E-state index contributed by atoms with van der Waals surface area (Å²) in [5, 5.41) is 5.06. The monoisotopic (exact) mass is 479 g/mol. The van der Waals surface area contributed by atoms with E-state index in [-0.39, 0.29) is 10.8 Å². The van der Waals surface area contributed by atoms with Crippen LogP contribution in [-0.2, 0) is 14.8 Å². The lowest BCUT2D eigenvalue weighted by molar-refractivity contribution is 0.0730. The number of carbonyl (C=O) groups is 1. The quantitative estimate of drug-likeness (QED) is 0.596. The van der Waals surface area contributed by atoms with Crippen LogP contribution in [0.1, 0.15) is 29.6 Å². The van der Waals surface area contributed by atoms with E-state index in [1.165, 1.54) is 10.7 Å². The fourth-order valence-electron chi connectivity index (χ4n) is 4.65. The van der Waals surface area contributed by atoms with Crippen molar-refractivity contribution in [2.45, 2.75) is 24.2 Å². The number of nitrogens with zero attached hydrogens (tertiary/aromatic N) is 2. The van der Waals surface area contributed by atoms with Gasteiger partial charge in [0.1, 0.15) is 0 Å². The van der Waals surface area contributed by atoms with Crippen molar-refractivity contribution in [3.8, 4) is 0 Å². The Morgan fingerprint density at radius 2 is 1.56 bits per heavy atom. The summed E-state index contributed by atoms with van der Waals surface area (Å²) in [5.74, 6) is -0.259. The molecule has 1 N–H and O–H groups in total. The molecule has 3 aromatic carbocycles. The Kier molecular flexibility index (Phi) is 6.54. The second-order valence-corrected chi connectivity index (χ2v) is 10.7. The van der Waals surface area contributed by atoms with Gasteiger partial charge in [-0.2, -0.15) is 4.31 Å². The molecule has 0 atom stereocenters. The number of rotatable bonds is 5. The summed E-state index contributed by atoms with van der Waals surface area (Å²) >= 11 is 0. The van der Waals surface area contributed by atoms with E-state index in [0.717, 1.165) is 42.4 Å². The molecule has 0 spiro atoms. The van der Waals surface area contributed by atoms with Crippen LogP contribution < -0.4 is 10.2 Å². The Morgan fingerprint density at radius 3 is 2.32 bits per heavy atom. The average molecular weight is 480 g/mol. The molecule has 34 heavy (non-hydrogen) atoms. The zero-order valence-electron chi connectivity index (χ0n) is 19.1. The first-order chi connectivity index (χ1) is 16.5. The number of morpholine rings is 1. The molecule has 0 saturated carbocycles. The predicted molar refractivity (Wildman–Crippen MR) is 134 cm³/mol. The molecule has 2 saturated heterocycles. The third-order valence-corrected chi connectivity index (χ3v) is 8.43. The van der Waals surface area contributed by atoms with E-state index in [1.54, 1.807) is 18.2 Å². The number of nitrogens with one attached hydrogen (secondary N) is 1. The van der Waals surface area contributed by atoms with E-state index in [9.17, 15) is 13.2 Å². The van der Waals surface area contributed by atoms with Crippen molar-refractivity contribution in [3.63, 3.8) is 0 Å². The molecule has 0 aromatic heterocycles. The van der Waals surface area contributed by atoms with E-state index in [1.807, 2.05) is 42.5 Å². The number of hydrogen-bond donors (Lipinski definition) is 1. The maximum Gasteiger partial charge on any atom is 0.255 e. The molecular weight excluding hydrogens is 450 g/mol. The van der Waals surface area contributed by atoms with Gasteiger partial charge in [0.2, 0.25) is 10.0 Å². The highest BCUT2D eigenvalue weighted by atomic mass is 32.2. The van der Waals surface area contributed by atoms with E-state index < -0.39 is 10.0 Å². The number of piperidine rings is 1.